The molecule has 32 heavy (non-hydrogen) atoms. The topological polar surface area (TPSA) is 71.8 Å². The third-order valence-electron chi connectivity index (χ3n) is 6.81. The van der Waals surface area contributed by atoms with Crippen LogP contribution in [0, 0.1) is 5.92 Å². The number of cyclic esters (lactones) is 1. The highest BCUT2D eigenvalue weighted by atomic mass is 16.6. The molecule has 2 aromatic rings. The van der Waals surface area contributed by atoms with Crippen LogP contribution in [0.1, 0.15) is 65.5 Å². The first-order valence-corrected chi connectivity index (χ1v) is 11.4. The van der Waals surface area contributed by atoms with Gasteiger partial charge in [0.25, 0.3) is 5.56 Å². The van der Waals surface area contributed by atoms with Gasteiger partial charge in [0.1, 0.15) is 5.60 Å². The number of aliphatic hydroxyl groups is 1. The standard InChI is InChI=1S/C26H36N2O4/c1-18(2)26(13-12-25(4,5)31)14-16-28(24(30)32-26)19(3)20-7-9-21(10-8-20)22-11-15-27(6)23(29)17-22/h7-11,15,17-19,31H,12-14,16H2,1-6H3/t19?,26-/m0/s1. The van der Waals surface area contributed by atoms with Crippen LogP contribution in [0.15, 0.2) is 47.4 Å². The van der Waals surface area contributed by atoms with Gasteiger partial charge in [0.2, 0.25) is 0 Å². The first kappa shape index (κ1) is 24.1. The molecule has 2 atom stereocenters. The lowest BCUT2D eigenvalue weighted by Gasteiger charge is -2.46. The van der Waals surface area contributed by atoms with E-state index in [4.69, 9.17) is 4.74 Å². The smallest absolute Gasteiger partial charge is 0.410 e. The molecule has 0 spiro atoms. The molecule has 1 unspecified atom stereocenters. The van der Waals surface area contributed by atoms with Gasteiger partial charge in [0.15, 0.2) is 0 Å². The number of hydrogen-bond acceptors (Lipinski definition) is 4. The summed E-state index contributed by atoms with van der Waals surface area (Å²) < 4.78 is 7.58. The van der Waals surface area contributed by atoms with E-state index in [1.807, 2.05) is 37.3 Å². The van der Waals surface area contributed by atoms with Crippen LogP contribution in [-0.4, -0.2) is 38.4 Å². The number of amides is 1. The largest absolute Gasteiger partial charge is 0.442 e. The summed E-state index contributed by atoms with van der Waals surface area (Å²) in [6.45, 7) is 10.3. The Morgan fingerprint density at radius 1 is 1.09 bits per heavy atom. The molecule has 1 aliphatic heterocycles. The maximum absolute atomic E-state index is 13.0. The molecule has 0 radical (unpaired) electrons. The summed E-state index contributed by atoms with van der Waals surface area (Å²) in [5, 5.41) is 10.2. The van der Waals surface area contributed by atoms with Crippen molar-refractivity contribution in [2.45, 2.75) is 71.1 Å². The number of carbonyl (C=O) groups is 1. The van der Waals surface area contributed by atoms with Gasteiger partial charge in [0.05, 0.1) is 11.6 Å². The van der Waals surface area contributed by atoms with Crippen LogP contribution in [0.2, 0.25) is 0 Å². The number of rotatable bonds is 7. The van der Waals surface area contributed by atoms with Crippen molar-refractivity contribution in [1.29, 1.82) is 0 Å². The Labute approximate surface area is 190 Å². The van der Waals surface area contributed by atoms with Crippen LogP contribution in [0.5, 0.6) is 0 Å². The van der Waals surface area contributed by atoms with Crippen LogP contribution in [0.25, 0.3) is 11.1 Å². The molecule has 6 heteroatoms. The molecule has 0 saturated carbocycles. The third-order valence-corrected chi connectivity index (χ3v) is 6.81. The van der Waals surface area contributed by atoms with E-state index in [9.17, 15) is 14.7 Å². The highest BCUT2D eigenvalue weighted by Crippen LogP contribution is 2.39. The quantitative estimate of drug-likeness (QED) is 0.665. The maximum Gasteiger partial charge on any atom is 0.410 e. The van der Waals surface area contributed by atoms with Crippen molar-refractivity contribution in [3.05, 3.63) is 58.5 Å². The molecule has 1 aliphatic rings. The zero-order valence-corrected chi connectivity index (χ0v) is 20.1. The van der Waals surface area contributed by atoms with E-state index in [2.05, 4.69) is 13.8 Å². The fourth-order valence-corrected chi connectivity index (χ4v) is 4.29. The molecule has 1 aromatic heterocycles. The second-order valence-electron chi connectivity index (χ2n) is 10.0. The highest BCUT2D eigenvalue weighted by Gasteiger charge is 2.44. The molecule has 2 heterocycles. The number of ether oxygens (including phenoxy) is 1. The van der Waals surface area contributed by atoms with E-state index in [-0.39, 0.29) is 23.6 Å². The van der Waals surface area contributed by atoms with Gasteiger partial charge >= 0.3 is 6.09 Å². The third kappa shape index (κ3) is 5.23. The van der Waals surface area contributed by atoms with Gasteiger partial charge in [-0.1, -0.05) is 38.1 Å². The lowest BCUT2D eigenvalue weighted by Crippen LogP contribution is -2.53. The Kier molecular flexibility index (Phi) is 6.84. The lowest BCUT2D eigenvalue weighted by atomic mass is 9.79. The number of hydrogen-bond donors (Lipinski definition) is 1. The van der Waals surface area contributed by atoms with Crippen molar-refractivity contribution in [3.8, 4) is 11.1 Å². The number of aryl methyl sites for hydroxylation is 1. The van der Waals surface area contributed by atoms with Crippen LogP contribution < -0.4 is 5.56 Å². The molecule has 1 N–H and O–H groups in total. The van der Waals surface area contributed by atoms with Crippen LogP contribution >= 0.6 is 0 Å². The van der Waals surface area contributed by atoms with E-state index < -0.39 is 11.2 Å². The summed E-state index contributed by atoms with van der Waals surface area (Å²) in [7, 11) is 1.73. The van der Waals surface area contributed by atoms with Crippen molar-refractivity contribution in [2.24, 2.45) is 13.0 Å². The summed E-state index contributed by atoms with van der Waals surface area (Å²) in [5.74, 6) is 0.170. The second-order valence-corrected chi connectivity index (χ2v) is 10.0. The van der Waals surface area contributed by atoms with Gasteiger partial charge in [-0.05, 0) is 62.3 Å². The Morgan fingerprint density at radius 3 is 2.28 bits per heavy atom. The first-order chi connectivity index (χ1) is 14.9. The van der Waals surface area contributed by atoms with Crippen LogP contribution in [0.3, 0.4) is 0 Å². The SMILES string of the molecule is CC(c1ccc(-c2ccn(C)c(=O)c2)cc1)N1CC[C@@](CCC(C)(C)O)(C(C)C)OC1=O. The Balaban J connectivity index is 1.73. The molecule has 174 valence electrons. The van der Waals surface area contributed by atoms with Gasteiger partial charge in [-0.25, -0.2) is 4.79 Å². The minimum Gasteiger partial charge on any atom is -0.442 e. The Morgan fingerprint density at radius 2 is 1.75 bits per heavy atom. The van der Waals surface area contributed by atoms with E-state index in [1.165, 1.54) is 0 Å². The fraction of sp³-hybridized carbons (Fsp3) is 0.538. The number of nitrogens with zero attached hydrogens (tertiary/aromatic N) is 2. The van der Waals surface area contributed by atoms with Gasteiger partial charge in [-0.15, -0.1) is 0 Å². The predicted octanol–water partition coefficient (Wildman–Crippen LogP) is 4.90. The number of aromatic nitrogens is 1. The molecular formula is C26H36N2O4. The summed E-state index contributed by atoms with van der Waals surface area (Å²) >= 11 is 0. The minimum atomic E-state index is -0.788. The summed E-state index contributed by atoms with van der Waals surface area (Å²) in [6, 6.07) is 11.4. The zero-order chi connectivity index (χ0) is 23.7. The van der Waals surface area contributed by atoms with Crippen molar-refractivity contribution < 1.29 is 14.6 Å². The highest BCUT2D eigenvalue weighted by molar-refractivity contribution is 5.70. The molecule has 1 fully saturated rings. The Hall–Kier alpha value is -2.60. The zero-order valence-electron chi connectivity index (χ0n) is 20.1. The minimum absolute atomic E-state index is 0.0470. The number of benzene rings is 1. The van der Waals surface area contributed by atoms with E-state index in [0.717, 1.165) is 23.1 Å². The van der Waals surface area contributed by atoms with Gasteiger partial charge in [-0.2, -0.15) is 0 Å². The number of carbonyl (C=O) groups excluding carboxylic acids is 1. The lowest BCUT2D eigenvalue weighted by molar-refractivity contribution is -0.0968. The van der Waals surface area contributed by atoms with Crippen molar-refractivity contribution in [3.63, 3.8) is 0 Å². The molecular weight excluding hydrogens is 404 g/mol. The first-order valence-electron chi connectivity index (χ1n) is 11.4. The van der Waals surface area contributed by atoms with E-state index >= 15 is 0 Å². The summed E-state index contributed by atoms with van der Waals surface area (Å²) in [4.78, 5) is 26.7. The molecule has 1 amide bonds. The molecule has 0 aliphatic carbocycles. The average Bonchev–Trinajstić information content (AvgIpc) is 2.73. The normalized spacial score (nSPS) is 20.4. The van der Waals surface area contributed by atoms with E-state index in [0.29, 0.717) is 19.4 Å². The van der Waals surface area contributed by atoms with Crippen LogP contribution in [-0.2, 0) is 11.8 Å². The second kappa shape index (κ2) is 9.10. The monoisotopic (exact) mass is 440 g/mol. The summed E-state index contributed by atoms with van der Waals surface area (Å²) in [5.41, 5.74) is 1.47. The molecule has 1 aromatic carbocycles. The number of pyridine rings is 1. The van der Waals surface area contributed by atoms with Crippen molar-refractivity contribution in [1.82, 2.24) is 9.47 Å². The average molecular weight is 441 g/mol. The predicted molar refractivity (Wildman–Crippen MR) is 126 cm³/mol. The van der Waals surface area contributed by atoms with Gasteiger partial charge < -0.3 is 19.3 Å². The maximum atomic E-state index is 13.0. The molecule has 0 bridgehead atoms. The molecule has 3 rings (SSSR count). The van der Waals surface area contributed by atoms with Crippen molar-refractivity contribution in [2.75, 3.05) is 6.54 Å². The molecule has 6 nitrogen and oxygen atoms in total. The summed E-state index contributed by atoms with van der Waals surface area (Å²) in [6.07, 6.45) is 3.42. The van der Waals surface area contributed by atoms with Gasteiger partial charge in [-0.3, -0.25) is 4.79 Å². The van der Waals surface area contributed by atoms with Crippen molar-refractivity contribution >= 4 is 6.09 Å². The van der Waals surface area contributed by atoms with Crippen LogP contribution in [0.4, 0.5) is 4.79 Å². The molecule has 1 saturated heterocycles. The Bertz CT molecular complexity index is 1000. The van der Waals surface area contributed by atoms with E-state index in [1.54, 1.807) is 42.6 Å². The van der Waals surface area contributed by atoms with Gasteiger partial charge in [0, 0.05) is 32.3 Å². The fourth-order valence-electron chi connectivity index (χ4n) is 4.29.